The standard InChI is InChI=1S/C54H34N2/c1-2-11-35(12-3-1)36-23-28-42(29-24-36)55-49-18-8-6-16-45(49)53-44-30-25-39(33-41(44)27-32-51(53)55)40-22-21-38-26-31-52-54(47(38)34-40)46-17-7-9-19-50(46)56(52)48-20-10-14-37-13-4-5-15-43(37)48/h1-34H. The normalized spacial score (nSPS) is 11.9. The summed E-state index contributed by atoms with van der Waals surface area (Å²) < 4.78 is 4.87. The van der Waals surface area contributed by atoms with Gasteiger partial charge >= 0.3 is 0 Å². The van der Waals surface area contributed by atoms with Gasteiger partial charge in [-0.3, -0.25) is 0 Å². The number of fused-ring (bicyclic) bond motifs is 11. The van der Waals surface area contributed by atoms with Crippen molar-refractivity contribution in [1.82, 2.24) is 9.13 Å². The number of nitrogens with zero attached hydrogens (tertiary/aromatic N) is 2. The molecule has 0 amide bonds. The first kappa shape index (κ1) is 31.0. The Bertz CT molecular complexity index is 3510. The van der Waals surface area contributed by atoms with Crippen LogP contribution >= 0.6 is 0 Å². The van der Waals surface area contributed by atoms with Gasteiger partial charge in [0.2, 0.25) is 0 Å². The van der Waals surface area contributed by atoms with E-state index in [4.69, 9.17) is 0 Å². The molecule has 2 aromatic heterocycles. The fourth-order valence-electron chi connectivity index (χ4n) is 9.32. The second-order valence-corrected chi connectivity index (χ2v) is 14.9. The monoisotopic (exact) mass is 710 g/mol. The Morgan fingerprint density at radius 1 is 0.250 bits per heavy atom. The molecule has 2 heteroatoms. The maximum Gasteiger partial charge on any atom is 0.0547 e. The highest BCUT2D eigenvalue weighted by atomic mass is 15.0. The zero-order chi connectivity index (χ0) is 36.7. The van der Waals surface area contributed by atoms with Gasteiger partial charge in [-0.25, -0.2) is 0 Å². The molecule has 0 atom stereocenters. The first-order valence-corrected chi connectivity index (χ1v) is 19.3. The van der Waals surface area contributed by atoms with Gasteiger partial charge < -0.3 is 9.13 Å². The molecule has 12 aromatic rings. The van der Waals surface area contributed by atoms with E-state index in [1.54, 1.807) is 0 Å². The molecule has 0 fully saturated rings. The zero-order valence-corrected chi connectivity index (χ0v) is 30.5. The van der Waals surface area contributed by atoms with Crippen molar-refractivity contribution in [1.29, 1.82) is 0 Å². The highest BCUT2D eigenvalue weighted by molar-refractivity contribution is 6.23. The molecule has 0 spiro atoms. The van der Waals surface area contributed by atoms with Crippen LogP contribution in [0.1, 0.15) is 0 Å². The van der Waals surface area contributed by atoms with Crippen LogP contribution in [-0.2, 0) is 0 Å². The van der Waals surface area contributed by atoms with Gasteiger partial charge in [0.1, 0.15) is 0 Å². The van der Waals surface area contributed by atoms with E-state index in [1.807, 2.05) is 0 Å². The lowest BCUT2D eigenvalue weighted by molar-refractivity contribution is 1.18. The lowest BCUT2D eigenvalue weighted by atomic mass is 9.95. The van der Waals surface area contributed by atoms with Gasteiger partial charge in [-0.2, -0.15) is 0 Å². The van der Waals surface area contributed by atoms with E-state index >= 15 is 0 Å². The van der Waals surface area contributed by atoms with E-state index in [9.17, 15) is 0 Å². The fraction of sp³-hybridized carbons (Fsp3) is 0. The molecule has 0 saturated heterocycles. The van der Waals surface area contributed by atoms with Crippen LogP contribution in [0.5, 0.6) is 0 Å². The molecule has 56 heavy (non-hydrogen) atoms. The zero-order valence-electron chi connectivity index (χ0n) is 30.5. The molecule has 0 aliphatic carbocycles. The van der Waals surface area contributed by atoms with Crippen LogP contribution in [0.3, 0.4) is 0 Å². The van der Waals surface area contributed by atoms with E-state index in [2.05, 4.69) is 215 Å². The number of hydrogen-bond acceptors (Lipinski definition) is 0. The second-order valence-electron chi connectivity index (χ2n) is 14.9. The minimum Gasteiger partial charge on any atom is -0.309 e. The third-order valence-electron chi connectivity index (χ3n) is 11.9. The summed E-state index contributed by atoms with van der Waals surface area (Å²) >= 11 is 0. The highest BCUT2D eigenvalue weighted by Gasteiger charge is 2.18. The van der Waals surface area contributed by atoms with E-state index in [-0.39, 0.29) is 0 Å². The van der Waals surface area contributed by atoms with Crippen molar-refractivity contribution in [3.63, 3.8) is 0 Å². The Kier molecular flexibility index (Phi) is 6.66. The van der Waals surface area contributed by atoms with Crippen molar-refractivity contribution >= 4 is 75.9 Å². The number of para-hydroxylation sites is 2. The van der Waals surface area contributed by atoms with Crippen LogP contribution in [0.4, 0.5) is 0 Å². The maximum absolute atomic E-state index is 2.45. The van der Waals surface area contributed by atoms with E-state index < -0.39 is 0 Å². The quantitative estimate of drug-likeness (QED) is 0.172. The largest absolute Gasteiger partial charge is 0.309 e. The number of benzene rings is 10. The molecular weight excluding hydrogens is 677 g/mol. The van der Waals surface area contributed by atoms with Gasteiger partial charge in [-0.1, -0.05) is 152 Å². The molecule has 2 heterocycles. The number of rotatable bonds is 4. The maximum atomic E-state index is 2.45. The van der Waals surface area contributed by atoms with Gasteiger partial charge in [-0.05, 0) is 104 Å². The molecule has 0 radical (unpaired) electrons. The van der Waals surface area contributed by atoms with E-state index in [0.29, 0.717) is 0 Å². The second kappa shape index (κ2) is 12.0. The lowest BCUT2D eigenvalue weighted by Crippen LogP contribution is -1.95. The molecule has 0 aliphatic rings. The van der Waals surface area contributed by atoms with E-state index in [0.717, 1.165) is 5.69 Å². The topological polar surface area (TPSA) is 9.86 Å². The van der Waals surface area contributed by atoms with Crippen LogP contribution in [0, 0.1) is 0 Å². The van der Waals surface area contributed by atoms with Gasteiger partial charge in [0.15, 0.2) is 0 Å². The van der Waals surface area contributed by atoms with Crippen LogP contribution in [0.2, 0.25) is 0 Å². The Morgan fingerprint density at radius 3 is 1.59 bits per heavy atom. The molecule has 0 saturated carbocycles. The summed E-state index contributed by atoms with van der Waals surface area (Å²) in [6.07, 6.45) is 0. The fourth-order valence-corrected chi connectivity index (χ4v) is 9.32. The van der Waals surface area contributed by atoms with Gasteiger partial charge in [0.05, 0.1) is 27.8 Å². The Labute approximate surface area is 323 Å². The summed E-state index contributed by atoms with van der Waals surface area (Å²) in [7, 11) is 0. The van der Waals surface area contributed by atoms with Gasteiger partial charge in [-0.15, -0.1) is 0 Å². The minimum absolute atomic E-state index is 1.16. The summed E-state index contributed by atoms with van der Waals surface area (Å²) in [6, 6.07) is 75.7. The third kappa shape index (κ3) is 4.57. The average Bonchev–Trinajstić information content (AvgIpc) is 3.80. The van der Waals surface area contributed by atoms with Crippen molar-refractivity contribution in [3.8, 4) is 33.6 Å². The predicted molar refractivity (Wildman–Crippen MR) is 239 cm³/mol. The summed E-state index contributed by atoms with van der Waals surface area (Å²) in [5.41, 5.74) is 12.1. The van der Waals surface area contributed by atoms with Gasteiger partial charge in [0.25, 0.3) is 0 Å². The van der Waals surface area contributed by atoms with Crippen molar-refractivity contribution in [2.24, 2.45) is 0 Å². The third-order valence-corrected chi connectivity index (χ3v) is 11.9. The smallest absolute Gasteiger partial charge is 0.0547 e. The minimum atomic E-state index is 1.16. The van der Waals surface area contributed by atoms with Crippen molar-refractivity contribution < 1.29 is 0 Å². The van der Waals surface area contributed by atoms with Crippen LogP contribution < -0.4 is 0 Å². The molecular formula is C54H34N2. The predicted octanol–water partition coefficient (Wildman–Crippen LogP) is 14.7. The first-order chi connectivity index (χ1) is 27.8. The molecule has 2 nitrogen and oxygen atoms in total. The molecule has 12 rings (SSSR count). The summed E-state index contributed by atoms with van der Waals surface area (Å²) in [6.45, 7) is 0. The first-order valence-electron chi connectivity index (χ1n) is 19.3. The average molecular weight is 711 g/mol. The molecule has 260 valence electrons. The molecule has 0 N–H and O–H groups in total. The van der Waals surface area contributed by atoms with Crippen LogP contribution in [-0.4, -0.2) is 9.13 Å². The molecule has 0 unspecified atom stereocenters. The molecule has 0 bridgehead atoms. The molecule has 10 aromatic carbocycles. The Hall–Kier alpha value is -7.42. The highest BCUT2D eigenvalue weighted by Crippen LogP contribution is 2.42. The van der Waals surface area contributed by atoms with Crippen LogP contribution in [0.15, 0.2) is 206 Å². The van der Waals surface area contributed by atoms with Crippen molar-refractivity contribution in [2.75, 3.05) is 0 Å². The Balaban J connectivity index is 1.02. The number of aromatic nitrogens is 2. The van der Waals surface area contributed by atoms with Crippen LogP contribution in [0.25, 0.3) is 110 Å². The summed E-state index contributed by atoms with van der Waals surface area (Å²) in [4.78, 5) is 0. The van der Waals surface area contributed by atoms with Crippen molar-refractivity contribution in [2.45, 2.75) is 0 Å². The Morgan fingerprint density at radius 2 is 0.786 bits per heavy atom. The summed E-state index contributed by atoms with van der Waals surface area (Å²) in [5, 5.41) is 12.6. The van der Waals surface area contributed by atoms with E-state index in [1.165, 1.54) is 104 Å². The van der Waals surface area contributed by atoms with Gasteiger partial charge in [0, 0.05) is 32.6 Å². The summed E-state index contributed by atoms with van der Waals surface area (Å²) in [5.74, 6) is 0. The number of hydrogen-bond donors (Lipinski definition) is 0. The molecule has 0 aliphatic heterocycles. The lowest BCUT2D eigenvalue weighted by Gasteiger charge is -2.12. The van der Waals surface area contributed by atoms with Crippen molar-refractivity contribution in [3.05, 3.63) is 206 Å². The SMILES string of the molecule is c1ccc(-c2ccc(-n3c4ccccc4c4c5ccc(-c6ccc7ccc8c(c7c6)c6ccccc6n8-c6cccc7ccccc67)cc5ccc43)cc2)cc1.